The zero-order chi connectivity index (χ0) is 18.2. The predicted molar refractivity (Wildman–Crippen MR) is 93.8 cm³/mol. The zero-order valence-corrected chi connectivity index (χ0v) is 17.1. The van der Waals surface area contributed by atoms with Crippen molar-refractivity contribution >= 4 is 20.3 Å². The molecule has 2 atom stereocenters. The van der Waals surface area contributed by atoms with Gasteiger partial charge in [-0.25, -0.2) is 9.69 Å². The SMILES string of the molecule is CC1CC(=O)N(C(=O)OC(C)(C)C)[C@@H]1CO[Si](C)(C)C(C)(C)C. The van der Waals surface area contributed by atoms with Gasteiger partial charge in [-0.2, -0.15) is 0 Å². The van der Waals surface area contributed by atoms with Crippen LogP contribution in [0.2, 0.25) is 18.1 Å². The Balaban J connectivity index is 2.86. The summed E-state index contributed by atoms with van der Waals surface area (Å²) in [4.78, 5) is 25.9. The van der Waals surface area contributed by atoms with E-state index in [0.29, 0.717) is 13.0 Å². The lowest BCUT2D eigenvalue weighted by atomic mass is 10.0. The first-order valence-electron chi connectivity index (χ1n) is 8.35. The lowest BCUT2D eigenvalue weighted by molar-refractivity contribution is -0.128. The smallest absolute Gasteiger partial charge is 0.417 e. The summed E-state index contributed by atoms with van der Waals surface area (Å²) in [6.07, 6.45) is -0.194. The normalized spacial score (nSPS) is 23.3. The highest BCUT2D eigenvalue weighted by molar-refractivity contribution is 6.74. The van der Waals surface area contributed by atoms with Crippen molar-refractivity contribution in [1.82, 2.24) is 4.90 Å². The number of carbonyl (C=O) groups excluding carboxylic acids is 2. The van der Waals surface area contributed by atoms with Crippen LogP contribution >= 0.6 is 0 Å². The second-order valence-electron chi connectivity index (χ2n) is 9.06. The summed E-state index contributed by atoms with van der Waals surface area (Å²) >= 11 is 0. The average Bonchev–Trinajstić information content (AvgIpc) is 2.57. The van der Waals surface area contributed by atoms with E-state index in [1.807, 2.05) is 6.92 Å². The van der Waals surface area contributed by atoms with E-state index >= 15 is 0 Å². The number of rotatable bonds is 3. The quantitative estimate of drug-likeness (QED) is 0.721. The minimum Gasteiger partial charge on any atom is -0.443 e. The van der Waals surface area contributed by atoms with E-state index < -0.39 is 20.0 Å². The maximum absolute atomic E-state index is 12.4. The van der Waals surface area contributed by atoms with Crippen molar-refractivity contribution in [2.24, 2.45) is 5.92 Å². The van der Waals surface area contributed by atoms with Gasteiger partial charge in [0, 0.05) is 6.42 Å². The van der Waals surface area contributed by atoms with Gasteiger partial charge in [-0.15, -0.1) is 0 Å². The van der Waals surface area contributed by atoms with Crippen LogP contribution in [-0.4, -0.2) is 43.5 Å². The molecule has 1 rings (SSSR count). The van der Waals surface area contributed by atoms with Gasteiger partial charge < -0.3 is 9.16 Å². The van der Waals surface area contributed by atoms with E-state index in [9.17, 15) is 9.59 Å². The lowest BCUT2D eigenvalue weighted by Crippen LogP contribution is -2.49. The number of imide groups is 1. The van der Waals surface area contributed by atoms with Crippen LogP contribution in [0.3, 0.4) is 0 Å². The molecular formula is C17H33NO4Si. The van der Waals surface area contributed by atoms with E-state index in [1.54, 1.807) is 20.8 Å². The van der Waals surface area contributed by atoms with Gasteiger partial charge in [-0.3, -0.25) is 4.79 Å². The molecule has 0 aromatic rings. The van der Waals surface area contributed by atoms with Gasteiger partial charge in [0.05, 0.1) is 12.6 Å². The largest absolute Gasteiger partial charge is 0.443 e. The molecular weight excluding hydrogens is 310 g/mol. The van der Waals surface area contributed by atoms with Crippen LogP contribution in [0.25, 0.3) is 0 Å². The Morgan fingerprint density at radius 3 is 2.17 bits per heavy atom. The first kappa shape index (κ1) is 20.2. The first-order chi connectivity index (χ1) is 10.2. The molecule has 0 spiro atoms. The highest BCUT2D eigenvalue weighted by Gasteiger charge is 2.45. The molecule has 1 fully saturated rings. The lowest BCUT2D eigenvalue weighted by Gasteiger charge is -2.38. The van der Waals surface area contributed by atoms with Gasteiger partial charge in [0.1, 0.15) is 5.60 Å². The van der Waals surface area contributed by atoms with Crippen LogP contribution in [0.1, 0.15) is 54.9 Å². The van der Waals surface area contributed by atoms with Crippen molar-refractivity contribution in [1.29, 1.82) is 0 Å². The molecule has 0 aromatic heterocycles. The van der Waals surface area contributed by atoms with Gasteiger partial charge in [0.15, 0.2) is 8.32 Å². The number of carbonyl (C=O) groups is 2. The minimum atomic E-state index is -1.93. The summed E-state index contributed by atoms with van der Waals surface area (Å²) in [7, 11) is -1.93. The molecule has 0 saturated carbocycles. The number of ether oxygens (including phenoxy) is 1. The third-order valence-electron chi connectivity index (χ3n) is 4.77. The molecule has 0 N–H and O–H groups in total. The van der Waals surface area contributed by atoms with Crippen LogP contribution in [0.15, 0.2) is 0 Å². The maximum Gasteiger partial charge on any atom is 0.417 e. The molecule has 2 amide bonds. The Morgan fingerprint density at radius 1 is 1.22 bits per heavy atom. The van der Waals surface area contributed by atoms with Crippen LogP contribution in [0.4, 0.5) is 4.79 Å². The maximum atomic E-state index is 12.4. The van der Waals surface area contributed by atoms with Gasteiger partial charge in [0.25, 0.3) is 0 Å². The van der Waals surface area contributed by atoms with Crippen LogP contribution in [0.5, 0.6) is 0 Å². The molecule has 0 bridgehead atoms. The molecule has 134 valence electrons. The molecule has 1 heterocycles. The third kappa shape index (κ3) is 5.04. The molecule has 6 heteroatoms. The van der Waals surface area contributed by atoms with Crippen molar-refractivity contribution in [3.63, 3.8) is 0 Å². The van der Waals surface area contributed by atoms with Crippen molar-refractivity contribution < 1.29 is 18.8 Å². The number of nitrogens with zero attached hydrogens (tertiary/aromatic N) is 1. The zero-order valence-electron chi connectivity index (χ0n) is 16.1. The predicted octanol–water partition coefficient (Wildman–Crippen LogP) is 4.18. The summed E-state index contributed by atoms with van der Waals surface area (Å²) in [5.74, 6) is -0.0876. The van der Waals surface area contributed by atoms with Crippen molar-refractivity contribution in [3.8, 4) is 0 Å². The second-order valence-corrected chi connectivity index (χ2v) is 13.9. The summed E-state index contributed by atoms with van der Waals surface area (Å²) < 4.78 is 11.6. The van der Waals surface area contributed by atoms with E-state index in [4.69, 9.17) is 9.16 Å². The fraction of sp³-hybridized carbons (Fsp3) is 0.882. The topological polar surface area (TPSA) is 55.8 Å². The monoisotopic (exact) mass is 343 g/mol. The highest BCUT2D eigenvalue weighted by Crippen LogP contribution is 2.37. The average molecular weight is 344 g/mol. The molecule has 1 saturated heterocycles. The highest BCUT2D eigenvalue weighted by atomic mass is 28.4. The van der Waals surface area contributed by atoms with Gasteiger partial charge in [0.2, 0.25) is 5.91 Å². The van der Waals surface area contributed by atoms with Crippen molar-refractivity contribution in [2.75, 3.05) is 6.61 Å². The summed E-state index contributed by atoms with van der Waals surface area (Å²) in [6, 6.07) is -0.244. The first-order valence-corrected chi connectivity index (χ1v) is 11.3. The Kier molecular flexibility index (Phi) is 5.74. The standard InChI is InChI=1S/C17H33NO4Si/c1-12-10-14(19)18(15(20)22-16(2,3)4)13(12)11-21-23(8,9)17(5,6)7/h12-13H,10-11H2,1-9H3/t12?,13-/m1/s1. The van der Waals surface area contributed by atoms with Gasteiger partial charge >= 0.3 is 6.09 Å². The van der Waals surface area contributed by atoms with Crippen molar-refractivity contribution in [2.45, 2.75) is 84.7 Å². The second kappa shape index (κ2) is 6.55. The van der Waals surface area contributed by atoms with E-state index in [2.05, 4.69) is 33.9 Å². The van der Waals surface area contributed by atoms with E-state index in [0.717, 1.165) is 0 Å². The van der Waals surface area contributed by atoms with Crippen molar-refractivity contribution in [3.05, 3.63) is 0 Å². The molecule has 23 heavy (non-hydrogen) atoms. The Labute approximate surface area is 141 Å². The fourth-order valence-electron chi connectivity index (χ4n) is 2.25. The van der Waals surface area contributed by atoms with E-state index in [-0.39, 0.29) is 22.9 Å². The molecule has 1 aliphatic rings. The Morgan fingerprint density at radius 2 is 1.74 bits per heavy atom. The van der Waals surface area contributed by atoms with Gasteiger partial charge in [-0.1, -0.05) is 27.7 Å². The molecule has 0 aliphatic carbocycles. The molecule has 0 aromatic carbocycles. The van der Waals surface area contributed by atoms with Crippen LogP contribution < -0.4 is 0 Å². The molecule has 0 radical (unpaired) electrons. The Hall–Kier alpha value is -0.883. The molecule has 1 aliphatic heterocycles. The number of hydrogen-bond donors (Lipinski definition) is 0. The fourth-order valence-corrected chi connectivity index (χ4v) is 3.27. The van der Waals surface area contributed by atoms with Crippen LogP contribution in [-0.2, 0) is 14.0 Å². The summed E-state index contributed by atoms with van der Waals surface area (Å²) in [6.45, 7) is 18.7. The molecule has 5 nitrogen and oxygen atoms in total. The van der Waals surface area contributed by atoms with E-state index in [1.165, 1.54) is 4.90 Å². The Bertz CT molecular complexity index is 462. The number of likely N-dealkylation sites (tertiary alicyclic amines) is 1. The third-order valence-corrected chi connectivity index (χ3v) is 9.27. The summed E-state index contributed by atoms with van der Waals surface area (Å²) in [5, 5.41) is 0.0929. The van der Waals surface area contributed by atoms with Crippen LogP contribution in [0, 0.1) is 5.92 Å². The number of hydrogen-bond acceptors (Lipinski definition) is 4. The summed E-state index contributed by atoms with van der Waals surface area (Å²) in [5.41, 5.74) is -0.617. The minimum absolute atomic E-state index is 0.0831. The van der Waals surface area contributed by atoms with Gasteiger partial charge in [-0.05, 0) is 44.8 Å². The number of amides is 2. The molecule has 1 unspecified atom stereocenters.